The SMILES string of the molecule is O=C(CN1CCCC[C@H](N=C(C[N+](=O)[O-])Nc2cccc(OC(F)(F)F)c2)C1=O)N1CCCC1. The van der Waals surface area contributed by atoms with Crippen LogP contribution in [0, 0.1) is 10.1 Å². The second-order valence-corrected chi connectivity index (χ2v) is 8.13. The molecule has 0 saturated carbocycles. The maximum absolute atomic E-state index is 13.1. The van der Waals surface area contributed by atoms with Crippen molar-refractivity contribution < 1.29 is 32.4 Å². The Morgan fingerprint density at radius 3 is 2.59 bits per heavy atom. The second-order valence-electron chi connectivity index (χ2n) is 8.13. The smallest absolute Gasteiger partial charge is 0.406 e. The van der Waals surface area contributed by atoms with Gasteiger partial charge in [0, 0.05) is 36.3 Å². The van der Waals surface area contributed by atoms with E-state index in [4.69, 9.17) is 0 Å². The average Bonchev–Trinajstić information content (AvgIpc) is 3.22. The molecule has 1 N–H and O–H groups in total. The van der Waals surface area contributed by atoms with E-state index < -0.39 is 35.5 Å². The number of anilines is 1. The van der Waals surface area contributed by atoms with Crippen LogP contribution in [-0.2, 0) is 9.59 Å². The molecule has 0 unspecified atom stereocenters. The standard InChI is InChI=1S/C21H26F3N5O5/c22-21(23,24)34-16-7-5-6-15(12-16)25-18(13-29(32)33)26-17-8-1-2-11-28(20(17)31)14-19(30)27-9-3-4-10-27/h5-7,12,17H,1-4,8-11,13-14H2,(H,25,26)/t17-/m0/s1. The van der Waals surface area contributed by atoms with E-state index in [9.17, 15) is 32.9 Å². The minimum Gasteiger partial charge on any atom is -0.406 e. The van der Waals surface area contributed by atoms with Crippen LogP contribution in [0.5, 0.6) is 5.75 Å². The van der Waals surface area contributed by atoms with Crippen molar-refractivity contribution in [2.45, 2.75) is 44.5 Å². The van der Waals surface area contributed by atoms with E-state index in [2.05, 4.69) is 15.0 Å². The summed E-state index contributed by atoms with van der Waals surface area (Å²) in [7, 11) is 0. The number of halogens is 3. The summed E-state index contributed by atoms with van der Waals surface area (Å²) in [6.07, 6.45) is -1.39. The molecule has 1 aromatic rings. The van der Waals surface area contributed by atoms with Crippen LogP contribution in [0.3, 0.4) is 0 Å². The molecule has 1 atom stereocenters. The van der Waals surface area contributed by atoms with Crippen LogP contribution >= 0.6 is 0 Å². The number of nitrogens with one attached hydrogen (secondary N) is 1. The topological polar surface area (TPSA) is 117 Å². The molecule has 2 saturated heterocycles. The van der Waals surface area contributed by atoms with Gasteiger partial charge >= 0.3 is 6.36 Å². The van der Waals surface area contributed by atoms with Gasteiger partial charge in [-0.3, -0.25) is 24.7 Å². The van der Waals surface area contributed by atoms with Crippen molar-refractivity contribution in [3.63, 3.8) is 0 Å². The van der Waals surface area contributed by atoms with Gasteiger partial charge in [0.15, 0.2) is 5.84 Å². The Bertz CT molecular complexity index is 934. The van der Waals surface area contributed by atoms with Gasteiger partial charge in [0.25, 0.3) is 6.54 Å². The summed E-state index contributed by atoms with van der Waals surface area (Å²) in [6.45, 7) is 0.882. The highest BCUT2D eigenvalue weighted by Gasteiger charge is 2.32. The number of likely N-dealkylation sites (tertiary alicyclic amines) is 2. The number of benzene rings is 1. The van der Waals surface area contributed by atoms with Crippen LogP contribution in [-0.4, -0.2) is 77.5 Å². The van der Waals surface area contributed by atoms with Crippen molar-refractivity contribution in [2.75, 3.05) is 38.0 Å². The van der Waals surface area contributed by atoms with Crippen molar-refractivity contribution in [1.29, 1.82) is 0 Å². The number of nitrogens with zero attached hydrogens (tertiary/aromatic N) is 4. The molecular formula is C21H26F3N5O5. The van der Waals surface area contributed by atoms with Crippen molar-refractivity contribution in [2.24, 2.45) is 4.99 Å². The minimum absolute atomic E-state index is 0.0698. The number of rotatable bonds is 7. The van der Waals surface area contributed by atoms with Gasteiger partial charge in [-0.05, 0) is 44.2 Å². The van der Waals surface area contributed by atoms with Crippen LogP contribution < -0.4 is 10.1 Å². The van der Waals surface area contributed by atoms with Gasteiger partial charge < -0.3 is 19.9 Å². The molecule has 2 aliphatic heterocycles. The molecule has 0 radical (unpaired) electrons. The van der Waals surface area contributed by atoms with E-state index >= 15 is 0 Å². The largest absolute Gasteiger partial charge is 0.573 e. The van der Waals surface area contributed by atoms with E-state index in [1.54, 1.807) is 4.90 Å². The Labute approximate surface area is 193 Å². The highest BCUT2D eigenvalue weighted by Crippen LogP contribution is 2.25. The number of carbonyl (C=O) groups excluding carboxylic acids is 2. The molecule has 13 heteroatoms. The van der Waals surface area contributed by atoms with Gasteiger partial charge in [-0.2, -0.15) is 0 Å². The van der Waals surface area contributed by atoms with Crippen molar-refractivity contribution >= 4 is 23.3 Å². The summed E-state index contributed by atoms with van der Waals surface area (Å²) in [5.74, 6) is -1.22. The molecule has 2 fully saturated rings. The van der Waals surface area contributed by atoms with Crippen LogP contribution in [0.2, 0.25) is 0 Å². The molecular weight excluding hydrogens is 459 g/mol. The van der Waals surface area contributed by atoms with E-state index in [0.717, 1.165) is 25.0 Å². The highest BCUT2D eigenvalue weighted by atomic mass is 19.4. The van der Waals surface area contributed by atoms with Gasteiger partial charge in [0.1, 0.15) is 11.8 Å². The zero-order chi connectivity index (χ0) is 24.7. The molecule has 0 aromatic heterocycles. The lowest BCUT2D eigenvalue weighted by molar-refractivity contribution is -0.463. The predicted molar refractivity (Wildman–Crippen MR) is 116 cm³/mol. The molecule has 1 aromatic carbocycles. The number of ether oxygens (including phenoxy) is 1. The lowest BCUT2D eigenvalue weighted by atomic mass is 10.1. The summed E-state index contributed by atoms with van der Waals surface area (Å²) in [5.41, 5.74) is 0.0875. The molecule has 2 amide bonds. The number of amidine groups is 1. The number of alkyl halides is 3. The van der Waals surface area contributed by atoms with Crippen molar-refractivity contribution in [1.82, 2.24) is 9.80 Å². The first-order valence-corrected chi connectivity index (χ1v) is 11.0. The Kier molecular flexibility index (Phi) is 8.29. The third-order valence-corrected chi connectivity index (χ3v) is 5.48. The fourth-order valence-corrected chi connectivity index (χ4v) is 3.95. The molecule has 2 aliphatic rings. The molecule has 3 rings (SSSR count). The van der Waals surface area contributed by atoms with Crippen LogP contribution in [0.1, 0.15) is 32.1 Å². The number of aliphatic imine (C=N–C) groups is 1. The normalized spacial score (nSPS) is 19.7. The van der Waals surface area contributed by atoms with Crippen LogP contribution in [0.15, 0.2) is 29.3 Å². The Morgan fingerprint density at radius 2 is 1.91 bits per heavy atom. The molecule has 2 heterocycles. The zero-order valence-electron chi connectivity index (χ0n) is 18.4. The molecule has 0 bridgehead atoms. The van der Waals surface area contributed by atoms with Gasteiger partial charge in [0.2, 0.25) is 11.8 Å². The highest BCUT2D eigenvalue weighted by molar-refractivity contribution is 5.98. The monoisotopic (exact) mass is 485 g/mol. The van der Waals surface area contributed by atoms with Gasteiger partial charge in [0.05, 0.1) is 6.54 Å². The van der Waals surface area contributed by atoms with Crippen molar-refractivity contribution in [3.8, 4) is 5.75 Å². The fourth-order valence-electron chi connectivity index (χ4n) is 3.95. The lowest BCUT2D eigenvalue weighted by Gasteiger charge is -2.25. The van der Waals surface area contributed by atoms with E-state index in [0.29, 0.717) is 38.9 Å². The van der Waals surface area contributed by atoms with Gasteiger partial charge in [-0.25, -0.2) is 0 Å². The van der Waals surface area contributed by atoms with Gasteiger partial charge in [-0.1, -0.05) is 6.07 Å². The first-order chi connectivity index (χ1) is 16.1. The summed E-state index contributed by atoms with van der Waals surface area (Å²) in [5, 5.41) is 13.8. The van der Waals surface area contributed by atoms with E-state index in [1.807, 2.05) is 0 Å². The third kappa shape index (κ3) is 7.59. The molecule has 0 spiro atoms. The molecule has 186 valence electrons. The quantitative estimate of drug-likeness (QED) is 0.275. The van der Waals surface area contributed by atoms with E-state index in [1.165, 1.54) is 17.0 Å². The van der Waals surface area contributed by atoms with E-state index in [-0.39, 0.29) is 24.0 Å². The Balaban J connectivity index is 1.76. The number of nitro groups is 1. The fraction of sp³-hybridized carbons (Fsp3) is 0.571. The van der Waals surface area contributed by atoms with Crippen LogP contribution in [0.25, 0.3) is 0 Å². The van der Waals surface area contributed by atoms with Crippen LogP contribution in [0.4, 0.5) is 18.9 Å². The first kappa shape index (κ1) is 25.2. The minimum atomic E-state index is -4.89. The number of hydrogen-bond donors (Lipinski definition) is 1. The Morgan fingerprint density at radius 1 is 1.21 bits per heavy atom. The third-order valence-electron chi connectivity index (χ3n) is 5.48. The second kappa shape index (κ2) is 11.2. The summed E-state index contributed by atoms with van der Waals surface area (Å²) in [4.78, 5) is 43.5. The number of carbonyl (C=O) groups is 2. The molecule has 0 aliphatic carbocycles. The molecule has 10 nitrogen and oxygen atoms in total. The number of hydrogen-bond acceptors (Lipinski definition) is 6. The maximum Gasteiger partial charge on any atom is 0.573 e. The first-order valence-electron chi connectivity index (χ1n) is 11.0. The molecule has 34 heavy (non-hydrogen) atoms. The maximum atomic E-state index is 13.1. The average molecular weight is 485 g/mol. The zero-order valence-corrected chi connectivity index (χ0v) is 18.4. The summed E-state index contributed by atoms with van der Waals surface area (Å²) < 4.78 is 41.4. The van der Waals surface area contributed by atoms with Gasteiger partial charge in [-0.15, -0.1) is 13.2 Å². The number of amides is 2. The Hall–Kier alpha value is -3.38. The lowest BCUT2D eigenvalue weighted by Crippen LogP contribution is -2.45. The summed E-state index contributed by atoms with van der Waals surface area (Å²) in [6, 6.07) is 3.86. The summed E-state index contributed by atoms with van der Waals surface area (Å²) >= 11 is 0. The predicted octanol–water partition coefficient (Wildman–Crippen LogP) is 2.68. The van der Waals surface area contributed by atoms with Crippen molar-refractivity contribution in [3.05, 3.63) is 34.4 Å².